The predicted octanol–water partition coefficient (Wildman–Crippen LogP) is 1.35. The van der Waals surface area contributed by atoms with Crippen LogP contribution in [0.3, 0.4) is 0 Å². The minimum absolute atomic E-state index is 0.0488. The summed E-state index contributed by atoms with van der Waals surface area (Å²) in [6, 6.07) is 0. The van der Waals surface area contributed by atoms with Crippen molar-refractivity contribution in [3.63, 3.8) is 0 Å². The molecule has 9 atom stereocenters. The van der Waals surface area contributed by atoms with Crippen LogP contribution in [0.1, 0.15) is 52.9 Å². The number of hydrogen-bond acceptors (Lipinski definition) is 7. The third-order valence-electron chi connectivity index (χ3n) is 8.20. The second-order valence-electron chi connectivity index (χ2n) is 9.97. The molecule has 2 aliphatic carbocycles. The number of aliphatic hydroxyl groups excluding tert-OH is 2. The third kappa shape index (κ3) is 3.49. The van der Waals surface area contributed by atoms with E-state index in [-0.39, 0.29) is 41.7 Å². The van der Waals surface area contributed by atoms with Gasteiger partial charge in [0.25, 0.3) is 0 Å². The Labute approximate surface area is 172 Å². The zero-order chi connectivity index (χ0) is 20.9. The Morgan fingerprint density at radius 1 is 1.24 bits per heavy atom. The Kier molecular flexibility index (Phi) is 5.68. The van der Waals surface area contributed by atoms with Crippen LogP contribution < -0.4 is 0 Å². The summed E-state index contributed by atoms with van der Waals surface area (Å²) in [4.78, 5) is 26.7. The Balaban J connectivity index is 1.63. The minimum Gasteiger partial charge on any atom is -0.462 e. The van der Waals surface area contributed by atoms with E-state index in [0.717, 1.165) is 25.9 Å². The number of fused-ring (bicyclic) bond motifs is 2. The molecule has 7 nitrogen and oxygen atoms in total. The molecule has 2 heterocycles. The molecule has 2 N–H and O–H groups in total. The lowest BCUT2D eigenvalue weighted by atomic mass is 9.66. The van der Waals surface area contributed by atoms with Gasteiger partial charge in [-0.25, -0.2) is 0 Å². The normalized spacial score (nSPS) is 47.8. The zero-order valence-electron chi connectivity index (χ0n) is 17.8. The molecule has 2 saturated heterocycles. The molecule has 0 bridgehead atoms. The molecule has 0 spiro atoms. The van der Waals surface area contributed by atoms with Crippen LogP contribution in [0.5, 0.6) is 0 Å². The van der Waals surface area contributed by atoms with Crippen LogP contribution in [0.25, 0.3) is 0 Å². The first-order valence-electron chi connectivity index (χ1n) is 11.2. The average molecular weight is 410 g/mol. The summed E-state index contributed by atoms with van der Waals surface area (Å²) in [5, 5.41) is 22.6. The molecule has 0 aromatic carbocycles. The van der Waals surface area contributed by atoms with Crippen LogP contribution in [0.2, 0.25) is 0 Å². The molecule has 0 amide bonds. The van der Waals surface area contributed by atoms with E-state index in [1.807, 2.05) is 6.92 Å². The molecular weight excluding hydrogens is 374 g/mol. The first kappa shape index (κ1) is 21.1. The van der Waals surface area contributed by atoms with Gasteiger partial charge in [0, 0.05) is 37.1 Å². The number of carbonyl (C=O) groups is 2. The highest BCUT2D eigenvalue weighted by Crippen LogP contribution is 2.58. The quantitative estimate of drug-likeness (QED) is 0.679. The van der Waals surface area contributed by atoms with Crippen LogP contribution >= 0.6 is 0 Å². The standard InChI is InChI=1S/C22H35NO6/c1-12-9-15-18(14(21(27)29-15)11-23-7-5-4-6-8-23)20(26)22(3)17(25)10-16(19(12)22)28-13(2)24/h12,14-20,25-26H,4-11H2,1-3H3/t12-,14?,15+,16?,17+,18-,19?,20+,22-/m1/s1. The topological polar surface area (TPSA) is 96.3 Å². The molecule has 0 radical (unpaired) electrons. The van der Waals surface area contributed by atoms with Crippen molar-refractivity contribution in [3.05, 3.63) is 0 Å². The maximum atomic E-state index is 12.8. The monoisotopic (exact) mass is 409 g/mol. The maximum Gasteiger partial charge on any atom is 0.311 e. The van der Waals surface area contributed by atoms with Gasteiger partial charge in [0.2, 0.25) is 0 Å². The molecule has 7 heteroatoms. The van der Waals surface area contributed by atoms with Crippen molar-refractivity contribution < 1.29 is 29.3 Å². The van der Waals surface area contributed by atoms with Gasteiger partial charge < -0.3 is 24.6 Å². The van der Waals surface area contributed by atoms with E-state index >= 15 is 0 Å². The SMILES string of the molecule is CC(=O)OC1C[C@H](O)[C@]2(C)C1[C@H](C)C[C@@H]1OC(=O)C(CN3CCCCC3)[C@H]1[C@@H]2O. The summed E-state index contributed by atoms with van der Waals surface area (Å²) < 4.78 is 11.3. The zero-order valence-corrected chi connectivity index (χ0v) is 17.8. The Bertz CT molecular complexity index is 649. The molecule has 0 aromatic heterocycles. The molecule has 4 rings (SSSR count). The number of nitrogens with zero attached hydrogens (tertiary/aromatic N) is 1. The summed E-state index contributed by atoms with van der Waals surface area (Å²) in [6.45, 7) is 7.89. The fourth-order valence-corrected chi connectivity index (χ4v) is 6.86. The van der Waals surface area contributed by atoms with Gasteiger partial charge in [0.15, 0.2) is 0 Å². The number of aliphatic hydroxyl groups is 2. The van der Waals surface area contributed by atoms with Gasteiger partial charge in [0.1, 0.15) is 12.2 Å². The van der Waals surface area contributed by atoms with Crippen molar-refractivity contribution in [2.75, 3.05) is 19.6 Å². The van der Waals surface area contributed by atoms with Gasteiger partial charge >= 0.3 is 11.9 Å². The van der Waals surface area contributed by atoms with Crippen LogP contribution in [0.15, 0.2) is 0 Å². The van der Waals surface area contributed by atoms with Crippen LogP contribution in [-0.4, -0.2) is 71.1 Å². The van der Waals surface area contributed by atoms with E-state index in [1.54, 1.807) is 0 Å². The minimum atomic E-state index is -0.890. The van der Waals surface area contributed by atoms with Crippen LogP contribution in [0, 0.1) is 29.1 Å². The van der Waals surface area contributed by atoms with Crippen molar-refractivity contribution in [1.29, 1.82) is 0 Å². The highest BCUT2D eigenvalue weighted by atomic mass is 16.6. The van der Waals surface area contributed by atoms with E-state index in [1.165, 1.54) is 13.3 Å². The van der Waals surface area contributed by atoms with Gasteiger partial charge in [-0.1, -0.05) is 20.3 Å². The first-order chi connectivity index (χ1) is 13.7. The van der Waals surface area contributed by atoms with Crippen molar-refractivity contribution in [3.8, 4) is 0 Å². The van der Waals surface area contributed by atoms with E-state index in [9.17, 15) is 19.8 Å². The molecule has 2 aliphatic heterocycles. The van der Waals surface area contributed by atoms with E-state index in [4.69, 9.17) is 9.47 Å². The molecule has 29 heavy (non-hydrogen) atoms. The van der Waals surface area contributed by atoms with E-state index in [2.05, 4.69) is 11.8 Å². The van der Waals surface area contributed by atoms with Crippen LogP contribution in [0.4, 0.5) is 0 Å². The fourth-order valence-electron chi connectivity index (χ4n) is 6.86. The Morgan fingerprint density at radius 2 is 1.93 bits per heavy atom. The fraction of sp³-hybridized carbons (Fsp3) is 0.909. The predicted molar refractivity (Wildman–Crippen MR) is 105 cm³/mol. The number of esters is 2. The number of rotatable bonds is 3. The summed E-state index contributed by atoms with van der Waals surface area (Å²) in [5.41, 5.74) is -0.840. The Hall–Kier alpha value is -1.18. The molecule has 2 saturated carbocycles. The van der Waals surface area contributed by atoms with Gasteiger partial charge in [0.05, 0.1) is 18.1 Å². The van der Waals surface area contributed by atoms with Crippen LogP contribution in [-0.2, 0) is 19.1 Å². The number of ether oxygens (including phenoxy) is 2. The summed E-state index contributed by atoms with van der Waals surface area (Å²) >= 11 is 0. The summed E-state index contributed by atoms with van der Waals surface area (Å²) in [7, 11) is 0. The van der Waals surface area contributed by atoms with E-state index in [0.29, 0.717) is 19.4 Å². The Morgan fingerprint density at radius 3 is 2.59 bits per heavy atom. The highest BCUT2D eigenvalue weighted by molar-refractivity contribution is 5.76. The molecule has 164 valence electrons. The number of likely N-dealkylation sites (tertiary alicyclic amines) is 1. The van der Waals surface area contributed by atoms with E-state index < -0.39 is 23.7 Å². The van der Waals surface area contributed by atoms with Gasteiger partial charge in [-0.15, -0.1) is 0 Å². The smallest absolute Gasteiger partial charge is 0.311 e. The van der Waals surface area contributed by atoms with Crippen molar-refractivity contribution >= 4 is 11.9 Å². The lowest BCUT2D eigenvalue weighted by molar-refractivity contribution is -0.152. The second kappa shape index (κ2) is 7.82. The molecule has 4 fully saturated rings. The van der Waals surface area contributed by atoms with Gasteiger partial charge in [-0.05, 0) is 38.3 Å². The highest BCUT2D eigenvalue weighted by Gasteiger charge is 2.65. The average Bonchev–Trinajstić information content (AvgIpc) is 3.06. The summed E-state index contributed by atoms with van der Waals surface area (Å²) in [5.74, 6) is -1.43. The molecule has 4 aliphatic rings. The van der Waals surface area contributed by atoms with Gasteiger partial charge in [-0.3, -0.25) is 9.59 Å². The molecular formula is C22H35NO6. The first-order valence-corrected chi connectivity index (χ1v) is 11.2. The van der Waals surface area contributed by atoms with Gasteiger partial charge in [-0.2, -0.15) is 0 Å². The third-order valence-corrected chi connectivity index (χ3v) is 8.20. The summed E-state index contributed by atoms with van der Waals surface area (Å²) in [6.07, 6.45) is 1.98. The second-order valence-corrected chi connectivity index (χ2v) is 9.97. The lowest BCUT2D eigenvalue weighted by Gasteiger charge is -2.42. The number of carbonyl (C=O) groups excluding carboxylic acids is 2. The lowest BCUT2D eigenvalue weighted by Crippen LogP contribution is -2.51. The molecule has 3 unspecified atom stereocenters. The number of piperidine rings is 1. The van der Waals surface area contributed by atoms with Crippen molar-refractivity contribution in [1.82, 2.24) is 4.90 Å². The van der Waals surface area contributed by atoms with Crippen molar-refractivity contribution in [2.24, 2.45) is 29.1 Å². The largest absolute Gasteiger partial charge is 0.462 e. The maximum absolute atomic E-state index is 12.8. The van der Waals surface area contributed by atoms with Crippen molar-refractivity contribution in [2.45, 2.75) is 77.3 Å². The molecule has 0 aromatic rings. The number of hydrogen-bond donors (Lipinski definition) is 2.